The first-order chi connectivity index (χ1) is 8.57. The minimum atomic E-state index is -4.84. The van der Waals surface area contributed by atoms with E-state index in [1.807, 2.05) is 0 Å². The zero-order chi connectivity index (χ0) is 14.8. The van der Waals surface area contributed by atoms with Crippen molar-refractivity contribution in [2.45, 2.75) is 11.1 Å². The Morgan fingerprint density at radius 2 is 1.95 bits per heavy atom. The van der Waals surface area contributed by atoms with Gasteiger partial charge in [-0.05, 0) is 18.2 Å². The number of hydrogen-bond donors (Lipinski definition) is 2. The molecule has 1 aromatic rings. The number of rotatable bonds is 4. The van der Waals surface area contributed by atoms with Crippen LogP contribution in [0.15, 0.2) is 23.1 Å². The first kappa shape index (κ1) is 15.7. The van der Waals surface area contributed by atoms with E-state index in [2.05, 4.69) is 0 Å². The van der Waals surface area contributed by atoms with Gasteiger partial charge in [-0.25, -0.2) is 13.6 Å². The Labute approximate surface area is 108 Å². The van der Waals surface area contributed by atoms with Gasteiger partial charge in [-0.15, -0.1) is 0 Å². The minimum absolute atomic E-state index is 0.117. The number of aliphatic hydroxyl groups is 1. The Balaban J connectivity index is 3.40. The molecule has 0 radical (unpaired) electrons. The number of primary sulfonamides is 1. The lowest BCUT2D eigenvalue weighted by molar-refractivity contribution is -0.139. The molecule has 0 unspecified atom stereocenters. The van der Waals surface area contributed by atoms with E-state index >= 15 is 0 Å². The third kappa shape index (κ3) is 3.82. The zero-order valence-corrected chi connectivity index (χ0v) is 10.8. The third-order valence-electron chi connectivity index (χ3n) is 2.45. The lowest BCUT2D eigenvalue weighted by Crippen LogP contribution is -2.23. The van der Waals surface area contributed by atoms with Crippen molar-refractivity contribution in [3.05, 3.63) is 23.8 Å². The Hall–Kier alpha value is -1.32. The molecule has 19 heavy (non-hydrogen) atoms. The molecule has 5 nitrogen and oxygen atoms in total. The molecule has 3 N–H and O–H groups in total. The number of alkyl halides is 3. The predicted molar refractivity (Wildman–Crippen MR) is 63.2 cm³/mol. The Bertz CT molecular complexity index is 558. The third-order valence-corrected chi connectivity index (χ3v) is 3.42. The van der Waals surface area contributed by atoms with Gasteiger partial charge in [0.15, 0.2) is 0 Å². The van der Waals surface area contributed by atoms with Crippen molar-refractivity contribution in [1.82, 2.24) is 0 Å². The van der Waals surface area contributed by atoms with E-state index in [9.17, 15) is 21.6 Å². The van der Waals surface area contributed by atoms with Crippen LogP contribution in [0, 0.1) is 0 Å². The number of likely N-dealkylation sites (N-methyl/N-ethyl adjacent to an activating group) is 1. The molecular weight excluding hydrogens is 285 g/mol. The summed E-state index contributed by atoms with van der Waals surface area (Å²) < 4.78 is 60.7. The molecule has 0 fully saturated rings. The molecule has 0 spiro atoms. The summed E-state index contributed by atoms with van der Waals surface area (Å²) in [5, 5.41) is 13.5. The number of anilines is 1. The van der Waals surface area contributed by atoms with Crippen LogP contribution in [-0.2, 0) is 16.2 Å². The summed E-state index contributed by atoms with van der Waals surface area (Å²) in [5.74, 6) is 0. The van der Waals surface area contributed by atoms with Gasteiger partial charge < -0.3 is 10.0 Å². The fraction of sp³-hybridized carbons (Fsp3) is 0.400. The molecule has 9 heteroatoms. The Kier molecular flexibility index (Phi) is 4.43. The summed E-state index contributed by atoms with van der Waals surface area (Å²) in [7, 11) is -2.98. The average molecular weight is 298 g/mol. The lowest BCUT2D eigenvalue weighted by atomic mass is 10.2. The van der Waals surface area contributed by atoms with Crippen LogP contribution in [0.2, 0.25) is 0 Å². The van der Waals surface area contributed by atoms with E-state index in [0.29, 0.717) is 6.07 Å². The summed E-state index contributed by atoms with van der Waals surface area (Å²) >= 11 is 0. The van der Waals surface area contributed by atoms with E-state index < -0.39 is 26.7 Å². The van der Waals surface area contributed by atoms with Crippen LogP contribution in [0.3, 0.4) is 0 Å². The average Bonchev–Trinajstić information content (AvgIpc) is 2.26. The highest BCUT2D eigenvalue weighted by Gasteiger charge is 2.36. The van der Waals surface area contributed by atoms with Gasteiger partial charge in [0.05, 0.1) is 17.1 Å². The molecule has 1 rings (SSSR count). The van der Waals surface area contributed by atoms with Gasteiger partial charge in [0, 0.05) is 19.3 Å². The molecule has 0 atom stereocenters. The van der Waals surface area contributed by atoms with Crippen molar-refractivity contribution < 1.29 is 26.7 Å². The van der Waals surface area contributed by atoms with Gasteiger partial charge in [0.25, 0.3) is 0 Å². The summed E-state index contributed by atoms with van der Waals surface area (Å²) in [5.41, 5.74) is -1.19. The quantitative estimate of drug-likeness (QED) is 0.860. The maximum atomic E-state index is 12.8. The Morgan fingerprint density at radius 3 is 2.37 bits per heavy atom. The summed E-state index contributed by atoms with van der Waals surface area (Å²) in [6.45, 7) is -0.124. The van der Waals surface area contributed by atoms with Gasteiger partial charge in [0.1, 0.15) is 0 Å². The number of nitrogens with zero attached hydrogens (tertiary/aromatic N) is 1. The molecule has 0 aliphatic heterocycles. The number of halogens is 3. The SMILES string of the molecule is CN(CCO)c1ccc(S(N)(=O)=O)c(C(F)(F)F)c1. The highest BCUT2D eigenvalue weighted by atomic mass is 32.2. The lowest BCUT2D eigenvalue weighted by Gasteiger charge is -2.20. The number of hydrogen-bond acceptors (Lipinski definition) is 4. The van der Waals surface area contributed by atoms with E-state index in [0.717, 1.165) is 6.07 Å². The molecule has 0 saturated heterocycles. The van der Waals surface area contributed by atoms with Crippen LogP contribution < -0.4 is 10.0 Å². The van der Waals surface area contributed by atoms with E-state index in [1.54, 1.807) is 0 Å². The fourth-order valence-corrected chi connectivity index (χ4v) is 2.24. The van der Waals surface area contributed by atoms with Gasteiger partial charge in [-0.2, -0.15) is 13.2 Å². The normalized spacial score (nSPS) is 12.5. The Morgan fingerprint density at radius 1 is 1.37 bits per heavy atom. The molecule has 0 aliphatic rings. The van der Waals surface area contributed by atoms with Gasteiger partial charge in [0.2, 0.25) is 10.0 Å². The largest absolute Gasteiger partial charge is 0.417 e. The molecule has 0 aromatic heterocycles. The molecular formula is C10H13F3N2O3S. The summed E-state index contributed by atoms with van der Waals surface area (Å²) in [4.78, 5) is 0.392. The second-order valence-corrected chi connectivity index (χ2v) is 5.40. The van der Waals surface area contributed by atoms with Crippen molar-refractivity contribution in [3.63, 3.8) is 0 Å². The van der Waals surface area contributed by atoms with Gasteiger partial charge in [-0.1, -0.05) is 0 Å². The van der Waals surface area contributed by atoms with Crippen LogP contribution in [0.25, 0.3) is 0 Å². The van der Waals surface area contributed by atoms with Crippen LogP contribution in [0.4, 0.5) is 18.9 Å². The molecule has 0 aliphatic carbocycles. The predicted octanol–water partition coefficient (Wildman–Crippen LogP) is 0.781. The molecule has 0 bridgehead atoms. The standard InChI is InChI=1S/C10H13F3N2O3S/c1-15(4-5-16)7-2-3-9(19(14,17)18)8(6-7)10(11,12)13/h2-3,6,16H,4-5H2,1H3,(H2,14,17,18). The number of nitrogens with two attached hydrogens (primary N) is 1. The van der Waals surface area contributed by atoms with Gasteiger partial charge >= 0.3 is 6.18 Å². The maximum absolute atomic E-state index is 12.8. The second kappa shape index (κ2) is 5.35. The molecule has 0 saturated carbocycles. The summed E-state index contributed by atoms with van der Waals surface area (Å²) in [6.07, 6.45) is -4.84. The second-order valence-electron chi connectivity index (χ2n) is 3.87. The minimum Gasteiger partial charge on any atom is -0.395 e. The monoisotopic (exact) mass is 298 g/mol. The van der Waals surface area contributed by atoms with Crippen molar-refractivity contribution in [1.29, 1.82) is 0 Å². The van der Waals surface area contributed by atoms with Crippen molar-refractivity contribution in [2.24, 2.45) is 5.14 Å². The topological polar surface area (TPSA) is 83.6 Å². The van der Waals surface area contributed by atoms with E-state index in [-0.39, 0.29) is 18.8 Å². The molecule has 108 valence electrons. The maximum Gasteiger partial charge on any atom is 0.417 e. The fourth-order valence-electron chi connectivity index (χ4n) is 1.50. The van der Waals surface area contributed by atoms with Crippen LogP contribution in [0.5, 0.6) is 0 Å². The van der Waals surface area contributed by atoms with Crippen LogP contribution >= 0.6 is 0 Å². The highest BCUT2D eigenvalue weighted by molar-refractivity contribution is 7.89. The van der Waals surface area contributed by atoms with Crippen molar-refractivity contribution >= 4 is 15.7 Å². The highest BCUT2D eigenvalue weighted by Crippen LogP contribution is 2.36. The smallest absolute Gasteiger partial charge is 0.395 e. The number of aliphatic hydroxyl groups excluding tert-OH is 1. The molecule has 1 aromatic carbocycles. The summed E-state index contributed by atoms with van der Waals surface area (Å²) in [6, 6.07) is 2.70. The van der Waals surface area contributed by atoms with Gasteiger partial charge in [-0.3, -0.25) is 0 Å². The molecule has 0 heterocycles. The van der Waals surface area contributed by atoms with Crippen molar-refractivity contribution in [3.8, 4) is 0 Å². The zero-order valence-electron chi connectivity index (χ0n) is 9.98. The van der Waals surface area contributed by atoms with E-state index in [4.69, 9.17) is 10.2 Å². The number of benzene rings is 1. The van der Waals surface area contributed by atoms with Crippen LogP contribution in [0.1, 0.15) is 5.56 Å². The first-order valence-corrected chi connectivity index (χ1v) is 6.68. The molecule has 0 amide bonds. The number of sulfonamides is 1. The van der Waals surface area contributed by atoms with Crippen LogP contribution in [-0.4, -0.2) is 33.7 Å². The first-order valence-electron chi connectivity index (χ1n) is 5.13. The van der Waals surface area contributed by atoms with E-state index in [1.165, 1.54) is 18.0 Å². The van der Waals surface area contributed by atoms with Crippen molar-refractivity contribution in [2.75, 3.05) is 25.1 Å².